The standard InChI is InChI=1S/C18H16F3NO6/c1-26-14-10-11(17(25,15(23)27-2)18(19,20)21)8-9-13(14)22-16(24)28-12-6-4-3-5-7-12/h3-10,25H,1-2H3,(H,22,24)/t17-/m1/s1. The van der Waals surface area contributed by atoms with Crippen LogP contribution in [0.25, 0.3) is 0 Å². The lowest BCUT2D eigenvalue weighted by Gasteiger charge is -2.28. The fourth-order valence-corrected chi connectivity index (χ4v) is 2.30. The zero-order chi connectivity index (χ0) is 20.9. The number of aliphatic hydroxyl groups is 1. The molecule has 2 rings (SSSR count). The number of hydrogen-bond acceptors (Lipinski definition) is 6. The minimum atomic E-state index is -5.35. The second-order valence-corrected chi connectivity index (χ2v) is 5.44. The number of alkyl halides is 3. The molecule has 0 aliphatic heterocycles. The van der Waals surface area contributed by atoms with E-state index in [1.54, 1.807) is 18.2 Å². The van der Waals surface area contributed by atoms with Gasteiger partial charge in [0.25, 0.3) is 5.60 Å². The molecule has 0 unspecified atom stereocenters. The summed E-state index contributed by atoms with van der Waals surface area (Å²) in [7, 11) is 1.85. The summed E-state index contributed by atoms with van der Waals surface area (Å²) >= 11 is 0. The second kappa shape index (κ2) is 8.17. The van der Waals surface area contributed by atoms with E-state index in [1.165, 1.54) is 12.1 Å². The molecule has 2 N–H and O–H groups in total. The maximum Gasteiger partial charge on any atom is 0.432 e. The highest BCUT2D eigenvalue weighted by Crippen LogP contribution is 2.42. The Morgan fingerprint density at radius 1 is 1.04 bits per heavy atom. The topological polar surface area (TPSA) is 94.1 Å². The Hall–Kier alpha value is -3.27. The van der Waals surface area contributed by atoms with Gasteiger partial charge in [0.1, 0.15) is 11.5 Å². The molecule has 0 radical (unpaired) electrons. The number of amides is 1. The Balaban J connectivity index is 2.33. The molecule has 1 amide bonds. The number of para-hydroxylation sites is 1. The third kappa shape index (κ3) is 4.17. The van der Waals surface area contributed by atoms with Gasteiger partial charge in [0, 0.05) is 5.56 Å². The quantitative estimate of drug-likeness (QED) is 0.750. The van der Waals surface area contributed by atoms with Crippen molar-refractivity contribution >= 4 is 17.7 Å². The van der Waals surface area contributed by atoms with Crippen molar-refractivity contribution in [2.75, 3.05) is 19.5 Å². The summed E-state index contributed by atoms with van der Waals surface area (Å²) in [5.74, 6) is -1.91. The largest absolute Gasteiger partial charge is 0.495 e. The number of methoxy groups -OCH3 is 2. The van der Waals surface area contributed by atoms with Gasteiger partial charge in [-0.3, -0.25) is 5.32 Å². The number of rotatable bonds is 5. The van der Waals surface area contributed by atoms with Gasteiger partial charge in [-0.2, -0.15) is 13.2 Å². The normalized spacial score (nSPS) is 13.2. The second-order valence-electron chi connectivity index (χ2n) is 5.44. The first-order valence-electron chi connectivity index (χ1n) is 7.73. The van der Waals surface area contributed by atoms with Crippen molar-refractivity contribution in [3.63, 3.8) is 0 Å². The van der Waals surface area contributed by atoms with Crippen molar-refractivity contribution < 1.29 is 42.1 Å². The first-order valence-corrected chi connectivity index (χ1v) is 7.73. The van der Waals surface area contributed by atoms with E-state index < -0.39 is 29.4 Å². The fraction of sp³-hybridized carbons (Fsp3) is 0.222. The van der Waals surface area contributed by atoms with Gasteiger partial charge in [0.2, 0.25) is 0 Å². The number of nitrogens with one attached hydrogen (secondary N) is 1. The highest BCUT2D eigenvalue weighted by molar-refractivity contribution is 5.89. The lowest BCUT2D eigenvalue weighted by molar-refractivity contribution is -0.266. The number of carbonyl (C=O) groups excluding carboxylic acids is 2. The molecule has 2 aromatic carbocycles. The van der Waals surface area contributed by atoms with E-state index in [9.17, 15) is 27.9 Å². The highest BCUT2D eigenvalue weighted by Gasteiger charge is 2.62. The van der Waals surface area contributed by atoms with Crippen molar-refractivity contribution in [3.05, 3.63) is 54.1 Å². The molecule has 0 spiro atoms. The van der Waals surface area contributed by atoms with E-state index in [0.29, 0.717) is 7.11 Å². The number of benzene rings is 2. The first kappa shape index (κ1) is 21.0. The summed E-state index contributed by atoms with van der Waals surface area (Å²) in [5.41, 5.74) is -4.79. The van der Waals surface area contributed by atoms with Gasteiger partial charge in [0.15, 0.2) is 0 Å². The van der Waals surface area contributed by atoms with Gasteiger partial charge >= 0.3 is 18.2 Å². The highest BCUT2D eigenvalue weighted by atomic mass is 19.4. The Kier molecular flexibility index (Phi) is 6.14. The molecule has 0 aromatic heterocycles. The third-order valence-corrected chi connectivity index (χ3v) is 3.70. The van der Waals surface area contributed by atoms with E-state index in [2.05, 4.69) is 10.1 Å². The third-order valence-electron chi connectivity index (χ3n) is 3.70. The van der Waals surface area contributed by atoms with Crippen LogP contribution in [0.1, 0.15) is 5.56 Å². The summed E-state index contributed by atoms with van der Waals surface area (Å²) in [4.78, 5) is 23.6. The first-order chi connectivity index (χ1) is 13.1. The van der Waals surface area contributed by atoms with Crippen LogP contribution in [0, 0.1) is 0 Å². The molecule has 1 atom stereocenters. The smallest absolute Gasteiger partial charge is 0.432 e. The molecule has 28 heavy (non-hydrogen) atoms. The van der Waals surface area contributed by atoms with Gasteiger partial charge in [-0.05, 0) is 24.3 Å². The van der Waals surface area contributed by atoms with Gasteiger partial charge in [-0.1, -0.05) is 24.3 Å². The average molecular weight is 399 g/mol. The number of halogens is 3. The summed E-state index contributed by atoms with van der Waals surface area (Å²) in [6.07, 6.45) is -6.27. The Morgan fingerprint density at radius 2 is 1.68 bits per heavy atom. The Labute approximate surface area is 157 Å². The lowest BCUT2D eigenvalue weighted by Crippen LogP contribution is -2.49. The van der Waals surface area contributed by atoms with Crippen molar-refractivity contribution in [1.29, 1.82) is 0 Å². The number of carbonyl (C=O) groups is 2. The molecule has 10 heteroatoms. The van der Waals surface area contributed by atoms with Crippen LogP contribution in [0.3, 0.4) is 0 Å². The number of hydrogen-bond donors (Lipinski definition) is 2. The maximum atomic E-state index is 13.3. The lowest BCUT2D eigenvalue weighted by atomic mass is 9.92. The van der Waals surface area contributed by atoms with Crippen LogP contribution in [0.2, 0.25) is 0 Å². The molecular weight excluding hydrogens is 383 g/mol. The Morgan fingerprint density at radius 3 is 2.21 bits per heavy atom. The molecule has 2 aromatic rings. The summed E-state index contributed by atoms with van der Waals surface area (Å²) in [6.45, 7) is 0. The monoisotopic (exact) mass is 399 g/mol. The summed E-state index contributed by atoms with van der Waals surface area (Å²) < 4.78 is 54.1. The van der Waals surface area contributed by atoms with E-state index in [0.717, 1.165) is 25.3 Å². The van der Waals surface area contributed by atoms with Crippen LogP contribution in [0.5, 0.6) is 11.5 Å². The number of anilines is 1. The molecule has 150 valence electrons. The average Bonchev–Trinajstić information content (AvgIpc) is 2.66. The number of esters is 1. The van der Waals surface area contributed by atoms with Crippen LogP contribution in [-0.2, 0) is 15.1 Å². The maximum absolute atomic E-state index is 13.3. The van der Waals surface area contributed by atoms with Crippen LogP contribution in [-0.4, -0.2) is 37.6 Å². The summed E-state index contributed by atoms with van der Waals surface area (Å²) in [6, 6.07) is 10.7. The zero-order valence-electron chi connectivity index (χ0n) is 14.7. The van der Waals surface area contributed by atoms with Gasteiger partial charge in [-0.15, -0.1) is 0 Å². The molecule has 0 bridgehead atoms. The molecule has 7 nitrogen and oxygen atoms in total. The van der Waals surface area contributed by atoms with E-state index in [-0.39, 0.29) is 17.2 Å². The molecule has 0 saturated heterocycles. The van der Waals surface area contributed by atoms with E-state index >= 15 is 0 Å². The van der Waals surface area contributed by atoms with E-state index in [1.807, 2.05) is 0 Å². The van der Waals surface area contributed by atoms with Gasteiger partial charge in [-0.25, -0.2) is 9.59 Å². The van der Waals surface area contributed by atoms with Gasteiger partial charge in [0.05, 0.1) is 19.9 Å². The SMILES string of the molecule is COC(=O)[C@](O)(c1ccc(NC(=O)Oc2ccccc2)c(OC)c1)C(F)(F)F. The van der Waals surface area contributed by atoms with Crippen LogP contribution >= 0.6 is 0 Å². The van der Waals surface area contributed by atoms with E-state index in [4.69, 9.17) is 9.47 Å². The van der Waals surface area contributed by atoms with Crippen LogP contribution in [0.15, 0.2) is 48.5 Å². The molecule has 0 heterocycles. The zero-order valence-corrected chi connectivity index (χ0v) is 14.7. The minimum absolute atomic E-state index is 0.0402. The van der Waals surface area contributed by atoms with Crippen LogP contribution in [0.4, 0.5) is 23.7 Å². The fourth-order valence-electron chi connectivity index (χ4n) is 2.30. The van der Waals surface area contributed by atoms with Crippen LogP contribution < -0.4 is 14.8 Å². The van der Waals surface area contributed by atoms with Gasteiger partial charge < -0.3 is 19.3 Å². The predicted molar refractivity (Wildman–Crippen MR) is 91.1 cm³/mol. The predicted octanol–water partition coefficient (Wildman–Crippen LogP) is 3.23. The minimum Gasteiger partial charge on any atom is -0.495 e. The molecule has 0 fully saturated rings. The molecular formula is C18H16F3NO6. The Bertz CT molecular complexity index is 856. The summed E-state index contributed by atoms with van der Waals surface area (Å²) in [5, 5.41) is 12.3. The molecule has 0 aliphatic carbocycles. The van der Waals surface area contributed by atoms with Crippen molar-refractivity contribution in [2.24, 2.45) is 0 Å². The van der Waals surface area contributed by atoms with Crippen molar-refractivity contribution in [1.82, 2.24) is 0 Å². The molecule has 0 aliphatic rings. The van der Waals surface area contributed by atoms with Crippen molar-refractivity contribution in [3.8, 4) is 11.5 Å². The molecule has 0 saturated carbocycles. The number of ether oxygens (including phenoxy) is 3. The van der Waals surface area contributed by atoms with Crippen molar-refractivity contribution in [2.45, 2.75) is 11.8 Å².